The topological polar surface area (TPSA) is 0 Å². The zero-order chi connectivity index (χ0) is 13.8. The molecule has 1 atom stereocenters. The minimum Gasteiger partial charge on any atom is -0.0838 e. The van der Waals surface area contributed by atoms with E-state index in [0.717, 1.165) is 5.92 Å². The molecule has 0 aromatic heterocycles. The molecular weight excluding hydrogens is 432 g/mol. The van der Waals surface area contributed by atoms with Crippen LogP contribution >= 0.6 is 47.8 Å². The van der Waals surface area contributed by atoms with Crippen molar-refractivity contribution in [3.8, 4) is 0 Å². The van der Waals surface area contributed by atoms with E-state index in [9.17, 15) is 0 Å². The van der Waals surface area contributed by atoms with Crippen LogP contribution in [0.2, 0.25) is 0 Å². The van der Waals surface area contributed by atoms with Gasteiger partial charge in [0.15, 0.2) is 0 Å². The van der Waals surface area contributed by atoms with E-state index in [1.165, 1.54) is 65.0 Å². The first-order chi connectivity index (χ1) is 9.08. The quantitative estimate of drug-likeness (QED) is 0.420. The number of halogens is 3. The van der Waals surface area contributed by atoms with Crippen LogP contribution in [0.3, 0.4) is 0 Å². The van der Waals surface area contributed by atoms with Gasteiger partial charge in [-0.25, -0.2) is 0 Å². The molecule has 0 aliphatic heterocycles. The van der Waals surface area contributed by atoms with Crippen LogP contribution in [0.5, 0.6) is 0 Å². The molecule has 0 bridgehead atoms. The highest BCUT2D eigenvalue weighted by molar-refractivity contribution is 9.11. The summed E-state index contributed by atoms with van der Waals surface area (Å²) in [6, 6.07) is 4.45. The lowest BCUT2D eigenvalue weighted by Gasteiger charge is -2.23. The Kier molecular flexibility index (Phi) is 6.42. The first kappa shape index (κ1) is 16.0. The highest BCUT2D eigenvalue weighted by atomic mass is 79.9. The Hall–Kier alpha value is 0.660. The zero-order valence-electron chi connectivity index (χ0n) is 11.4. The Balaban J connectivity index is 1.95. The van der Waals surface area contributed by atoms with E-state index in [4.69, 9.17) is 0 Å². The van der Waals surface area contributed by atoms with Gasteiger partial charge in [-0.15, -0.1) is 0 Å². The van der Waals surface area contributed by atoms with Crippen LogP contribution in [0.1, 0.15) is 60.9 Å². The highest BCUT2D eigenvalue weighted by Crippen LogP contribution is 2.38. The second-order valence-corrected chi connectivity index (χ2v) is 8.49. The third-order valence-corrected chi connectivity index (χ3v) is 6.66. The second-order valence-electron chi connectivity index (χ2n) is 5.67. The summed E-state index contributed by atoms with van der Waals surface area (Å²) in [4.78, 5) is 0.459. The van der Waals surface area contributed by atoms with Gasteiger partial charge in [0.1, 0.15) is 0 Å². The molecule has 1 saturated carbocycles. The summed E-state index contributed by atoms with van der Waals surface area (Å²) in [7, 11) is 0. The van der Waals surface area contributed by atoms with Crippen molar-refractivity contribution in [1.29, 1.82) is 0 Å². The third kappa shape index (κ3) is 4.57. The van der Waals surface area contributed by atoms with Gasteiger partial charge in [0.2, 0.25) is 0 Å². The molecule has 19 heavy (non-hydrogen) atoms. The van der Waals surface area contributed by atoms with Gasteiger partial charge in [0, 0.05) is 13.8 Å². The molecule has 0 amide bonds. The minimum absolute atomic E-state index is 0.459. The second kappa shape index (κ2) is 7.61. The van der Waals surface area contributed by atoms with Crippen LogP contribution in [-0.4, -0.2) is 0 Å². The molecule has 0 spiro atoms. The smallest absolute Gasteiger partial charge is 0.0407 e. The van der Waals surface area contributed by atoms with Gasteiger partial charge in [-0.2, -0.15) is 0 Å². The fraction of sp³-hybridized carbons (Fsp3) is 0.625. The van der Waals surface area contributed by atoms with E-state index in [2.05, 4.69) is 66.8 Å². The maximum atomic E-state index is 3.87. The van der Waals surface area contributed by atoms with Crippen LogP contribution in [0.4, 0.5) is 0 Å². The SMILES string of the molecule is Cc1cc(Br)c(C(Br)CCC2CCCCC2)cc1Br. The summed E-state index contributed by atoms with van der Waals surface area (Å²) in [5.41, 5.74) is 2.65. The number of rotatable bonds is 4. The van der Waals surface area contributed by atoms with E-state index in [1.807, 2.05) is 0 Å². The summed E-state index contributed by atoms with van der Waals surface area (Å²) in [5.74, 6) is 0.960. The fourth-order valence-corrected chi connectivity index (χ4v) is 4.96. The van der Waals surface area contributed by atoms with Crippen molar-refractivity contribution in [1.82, 2.24) is 0 Å². The average molecular weight is 453 g/mol. The summed E-state index contributed by atoms with van der Waals surface area (Å²) >= 11 is 11.2. The molecule has 106 valence electrons. The predicted molar refractivity (Wildman–Crippen MR) is 94.1 cm³/mol. The molecule has 0 heterocycles. The minimum atomic E-state index is 0.459. The van der Waals surface area contributed by atoms with E-state index >= 15 is 0 Å². The van der Waals surface area contributed by atoms with E-state index in [1.54, 1.807) is 0 Å². The molecule has 1 aromatic rings. The van der Waals surface area contributed by atoms with Crippen LogP contribution in [-0.2, 0) is 0 Å². The van der Waals surface area contributed by atoms with Gasteiger partial charge in [0.05, 0.1) is 0 Å². The molecule has 0 N–H and O–H groups in total. The van der Waals surface area contributed by atoms with Crippen LogP contribution < -0.4 is 0 Å². The molecule has 1 aromatic carbocycles. The molecule has 1 fully saturated rings. The molecule has 3 heteroatoms. The molecule has 1 aliphatic carbocycles. The lowest BCUT2D eigenvalue weighted by molar-refractivity contribution is 0.332. The number of hydrogen-bond acceptors (Lipinski definition) is 0. The number of aryl methyl sites for hydroxylation is 1. The monoisotopic (exact) mass is 450 g/mol. The molecule has 0 nitrogen and oxygen atoms in total. The van der Waals surface area contributed by atoms with Crippen molar-refractivity contribution in [3.05, 3.63) is 32.2 Å². The number of hydrogen-bond donors (Lipinski definition) is 0. The van der Waals surface area contributed by atoms with Gasteiger partial charge in [-0.05, 0) is 48.9 Å². The van der Waals surface area contributed by atoms with E-state index in [0.29, 0.717) is 4.83 Å². The molecular formula is C16H21Br3. The van der Waals surface area contributed by atoms with Crippen molar-refractivity contribution in [2.75, 3.05) is 0 Å². The molecule has 1 aliphatic rings. The molecule has 2 rings (SSSR count). The van der Waals surface area contributed by atoms with E-state index in [-0.39, 0.29) is 0 Å². The van der Waals surface area contributed by atoms with Gasteiger partial charge in [0.25, 0.3) is 0 Å². The van der Waals surface area contributed by atoms with Gasteiger partial charge < -0.3 is 0 Å². The predicted octanol–water partition coefficient (Wildman–Crippen LogP) is 7.32. The Morgan fingerprint density at radius 1 is 1.11 bits per heavy atom. The Bertz CT molecular complexity index is 422. The third-order valence-electron chi connectivity index (χ3n) is 4.17. The number of benzene rings is 1. The van der Waals surface area contributed by atoms with E-state index < -0.39 is 0 Å². The largest absolute Gasteiger partial charge is 0.0838 e. The number of alkyl halides is 1. The van der Waals surface area contributed by atoms with Crippen molar-refractivity contribution >= 4 is 47.8 Å². The molecule has 1 unspecified atom stereocenters. The Labute approximate surface area is 142 Å². The summed E-state index contributed by atoms with van der Waals surface area (Å²) in [6.07, 6.45) is 9.81. The Morgan fingerprint density at radius 3 is 2.47 bits per heavy atom. The summed E-state index contributed by atoms with van der Waals surface area (Å²) in [6.45, 7) is 2.13. The van der Waals surface area contributed by atoms with Crippen molar-refractivity contribution in [3.63, 3.8) is 0 Å². The lowest BCUT2D eigenvalue weighted by Crippen LogP contribution is -2.07. The van der Waals surface area contributed by atoms with Crippen LogP contribution in [0, 0.1) is 12.8 Å². The van der Waals surface area contributed by atoms with Gasteiger partial charge in [-0.1, -0.05) is 79.9 Å². The van der Waals surface area contributed by atoms with Crippen LogP contribution in [0.25, 0.3) is 0 Å². The normalized spacial score (nSPS) is 18.5. The summed E-state index contributed by atoms with van der Waals surface area (Å²) < 4.78 is 2.42. The van der Waals surface area contributed by atoms with Gasteiger partial charge in [-0.3, -0.25) is 0 Å². The van der Waals surface area contributed by atoms with Crippen molar-refractivity contribution in [2.45, 2.75) is 56.7 Å². The van der Waals surface area contributed by atoms with Crippen LogP contribution in [0.15, 0.2) is 21.1 Å². The van der Waals surface area contributed by atoms with Gasteiger partial charge >= 0.3 is 0 Å². The standard InChI is InChI=1S/C16H21Br3/c1-11-9-16(19)13(10-15(11)18)14(17)8-7-12-5-3-2-4-6-12/h9-10,12,14H,2-8H2,1H3. The summed E-state index contributed by atoms with van der Waals surface area (Å²) in [5, 5.41) is 0. The molecule has 0 saturated heterocycles. The Morgan fingerprint density at radius 2 is 1.79 bits per heavy atom. The van der Waals surface area contributed by atoms with Crippen molar-refractivity contribution in [2.24, 2.45) is 5.92 Å². The fourth-order valence-electron chi connectivity index (χ4n) is 2.92. The van der Waals surface area contributed by atoms with Crippen molar-refractivity contribution < 1.29 is 0 Å². The maximum Gasteiger partial charge on any atom is 0.0407 e. The first-order valence-electron chi connectivity index (χ1n) is 7.17. The maximum absolute atomic E-state index is 3.87. The lowest BCUT2D eigenvalue weighted by atomic mass is 9.85. The average Bonchev–Trinajstić information content (AvgIpc) is 2.41. The highest BCUT2D eigenvalue weighted by Gasteiger charge is 2.17. The first-order valence-corrected chi connectivity index (χ1v) is 9.67. The zero-order valence-corrected chi connectivity index (χ0v) is 16.2. The molecule has 0 radical (unpaired) electrons.